The van der Waals surface area contributed by atoms with Crippen LogP contribution in [-0.4, -0.2) is 22.2 Å². The number of carboxylic acids is 1. The quantitative estimate of drug-likeness (QED) is 0.874. The standard InChI is InChI=1S/C12H17NO4/c1-3-4-8-10(12(14)15)17-11(13-8)9-6-5-7(2)16-9/h7,9H,3-6H2,1-2H3,(H,14,15). The van der Waals surface area contributed by atoms with Crippen LogP contribution in [-0.2, 0) is 11.2 Å². The average Bonchev–Trinajstić information content (AvgIpc) is 2.85. The zero-order valence-electron chi connectivity index (χ0n) is 10.1. The Morgan fingerprint density at radius 3 is 2.82 bits per heavy atom. The van der Waals surface area contributed by atoms with Crippen LogP contribution >= 0.6 is 0 Å². The van der Waals surface area contributed by atoms with Gasteiger partial charge in [0, 0.05) is 0 Å². The number of hydrogen-bond donors (Lipinski definition) is 1. The van der Waals surface area contributed by atoms with E-state index in [2.05, 4.69) is 4.98 Å². The van der Waals surface area contributed by atoms with E-state index >= 15 is 0 Å². The van der Waals surface area contributed by atoms with Crippen LogP contribution < -0.4 is 0 Å². The maximum atomic E-state index is 11.0. The second kappa shape index (κ2) is 4.87. The summed E-state index contributed by atoms with van der Waals surface area (Å²) < 4.78 is 10.9. The lowest BCUT2D eigenvalue weighted by atomic mass is 10.2. The number of aryl methyl sites for hydroxylation is 1. The van der Waals surface area contributed by atoms with Crippen molar-refractivity contribution in [1.82, 2.24) is 4.98 Å². The molecular weight excluding hydrogens is 222 g/mol. The molecule has 5 nitrogen and oxygen atoms in total. The van der Waals surface area contributed by atoms with Crippen molar-refractivity contribution < 1.29 is 19.1 Å². The van der Waals surface area contributed by atoms with Crippen LogP contribution in [0.4, 0.5) is 0 Å². The van der Waals surface area contributed by atoms with Crippen LogP contribution in [0, 0.1) is 0 Å². The van der Waals surface area contributed by atoms with Gasteiger partial charge in [-0.25, -0.2) is 9.78 Å². The summed E-state index contributed by atoms with van der Waals surface area (Å²) in [4.78, 5) is 15.3. The maximum absolute atomic E-state index is 11.0. The Bertz CT molecular complexity index is 413. The maximum Gasteiger partial charge on any atom is 0.373 e. The van der Waals surface area contributed by atoms with Crippen LogP contribution in [0.5, 0.6) is 0 Å². The van der Waals surface area contributed by atoms with Gasteiger partial charge < -0.3 is 14.3 Å². The lowest BCUT2D eigenvalue weighted by Gasteiger charge is -2.05. The molecular formula is C12H17NO4. The topological polar surface area (TPSA) is 72.6 Å². The molecule has 17 heavy (non-hydrogen) atoms. The number of aromatic carboxylic acids is 1. The smallest absolute Gasteiger partial charge is 0.373 e. The van der Waals surface area contributed by atoms with Gasteiger partial charge in [-0.05, 0) is 26.2 Å². The number of hydrogen-bond acceptors (Lipinski definition) is 4. The number of rotatable bonds is 4. The summed E-state index contributed by atoms with van der Waals surface area (Å²) in [7, 11) is 0. The molecule has 0 radical (unpaired) electrons. The van der Waals surface area contributed by atoms with Gasteiger partial charge in [0.1, 0.15) is 6.10 Å². The molecule has 5 heteroatoms. The molecule has 0 saturated carbocycles. The summed E-state index contributed by atoms with van der Waals surface area (Å²) in [5.74, 6) is -0.682. The van der Waals surface area contributed by atoms with Crippen LogP contribution in [0.3, 0.4) is 0 Å². The molecule has 0 bridgehead atoms. The Hall–Kier alpha value is -1.36. The first kappa shape index (κ1) is 12.1. The van der Waals surface area contributed by atoms with Gasteiger partial charge in [-0.3, -0.25) is 0 Å². The third-order valence-corrected chi connectivity index (χ3v) is 2.90. The third-order valence-electron chi connectivity index (χ3n) is 2.90. The molecule has 1 saturated heterocycles. The highest BCUT2D eigenvalue weighted by molar-refractivity contribution is 5.85. The van der Waals surface area contributed by atoms with Crippen molar-refractivity contribution in [3.8, 4) is 0 Å². The van der Waals surface area contributed by atoms with E-state index in [0.717, 1.165) is 19.3 Å². The van der Waals surface area contributed by atoms with E-state index in [-0.39, 0.29) is 18.0 Å². The minimum absolute atomic E-state index is 0.0370. The predicted molar refractivity (Wildman–Crippen MR) is 60.0 cm³/mol. The summed E-state index contributed by atoms with van der Waals surface area (Å²) in [5, 5.41) is 9.03. The molecule has 2 heterocycles. The summed E-state index contributed by atoms with van der Waals surface area (Å²) in [5.41, 5.74) is 0.526. The first-order valence-corrected chi connectivity index (χ1v) is 6.00. The van der Waals surface area contributed by atoms with E-state index in [1.165, 1.54) is 0 Å². The fraction of sp³-hybridized carbons (Fsp3) is 0.667. The Kier molecular flexibility index (Phi) is 3.47. The molecule has 1 aliphatic heterocycles. The van der Waals surface area contributed by atoms with Crippen molar-refractivity contribution in [2.45, 2.75) is 51.7 Å². The van der Waals surface area contributed by atoms with Crippen LogP contribution in [0.2, 0.25) is 0 Å². The van der Waals surface area contributed by atoms with Crippen molar-refractivity contribution in [2.75, 3.05) is 0 Å². The number of oxazole rings is 1. The number of carboxylic acid groups (broad SMARTS) is 1. The summed E-state index contributed by atoms with van der Waals surface area (Å²) in [6.07, 6.45) is 3.26. The molecule has 1 aromatic rings. The Morgan fingerprint density at radius 2 is 2.29 bits per heavy atom. The molecule has 2 atom stereocenters. The van der Waals surface area contributed by atoms with Gasteiger partial charge in [-0.1, -0.05) is 13.3 Å². The molecule has 0 aromatic carbocycles. The largest absolute Gasteiger partial charge is 0.475 e. The van der Waals surface area contributed by atoms with Crippen molar-refractivity contribution in [2.24, 2.45) is 0 Å². The average molecular weight is 239 g/mol. The molecule has 1 aliphatic rings. The van der Waals surface area contributed by atoms with E-state index in [1.54, 1.807) is 0 Å². The molecule has 0 spiro atoms. The van der Waals surface area contributed by atoms with Crippen molar-refractivity contribution >= 4 is 5.97 Å². The number of aromatic nitrogens is 1. The van der Waals surface area contributed by atoms with E-state index in [9.17, 15) is 4.79 Å². The van der Waals surface area contributed by atoms with E-state index < -0.39 is 5.97 Å². The zero-order chi connectivity index (χ0) is 12.4. The molecule has 1 fully saturated rings. The SMILES string of the molecule is CCCc1nc(C2CCC(C)O2)oc1C(=O)O. The van der Waals surface area contributed by atoms with Gasteiger partial charge in [0.15, 0.2) is 0 Å². The molecule has 0 aliphatic carbocycles. The van der Waals surface area contributed by atoms with Crippen molar-refractivity contribution in [3.05, 3.63) is 17.3 Å². The van der Waals surface area contributed by atoms with Gasteiger partial charge in [0.25, 0.3) is 0 Å². The van der Waals surface area contributed by atoms with Crippen LogP contribution in [0.1, 0.15) is 61.4 Å². The Labute approximate surface area is 99.8 Å². The Balaban J connectivity index is 2.23. The van der Waals surface area contributed by atoms with Crippen molar-refractivity contribution in [3.63, 3.8) is 0 Å². The Morgan fingerprint density at radius 1 is 1.53 bits per heavy atom. The second-order valence-corrected chi connectivity index (χ2v) is 4.40. The monoisotopic (exact) mass is 239 g/mol. The summed E-state index contributed by atoms with van der Waals surface area (Å²) in [6.45, 7) is 3.97. The number of ether oxygens (including phenoxy) is 1. The minimum atomic E-state index is -1.06. The molecule has 0 amide bonds. The molecule has 1 aromatic heterocycles. The minimum Gasteiger partial charge on any atom is -0.475 e. The molecule has 2 rings (SSSR count). The van der Waals surface area contributed by atoms with Gasteiger partial charge >= 0.3 is 5.97 Å². The normalized spacial score (nSPS) is 24.1. The van der Waals surface area contributed by atoms with Gasteiger partial charge in [-0.2, -0.15) is 0 Å². The lowest BCUT2D eigenvalue weighted by molar-refractivity contribution is 0.0372. The van der Waals surface area contributed by atoms with Crippen molar-refractivity contribution in [1.29, 1.82) is 0 Å². The summed E-state index contributed by atoms with van der Waals surface area (Å²) in [6, 6.07) is 0. The van der Waals surface area contributed by atoms with Crippen LogP contribution in [0.25, 0.3) is 0 Å². The predicted octanol–water partition coefficient (Wildman–Crippen LogP) is 2.57. The number of carbonyl (C=O) groups is 1. The third kappa shape index (κ3) is 2.49. The van der Waals surface area contributed by atoms with Gasteiger partial charge in [-0.15, -0.1) is 0 Å². The van der Waals surface area contributed by atoms with Gasteiger partial charge in [0.2, 0.25) is 11.7 Å². The highest BCUT2D eigenvalue weighted by Crippen LogP contribution is 2.33. The number of nitrogens with zero attached hydrogens (tertiary/aromatic N) is 1. The zero-order valence-corrected chi connectivity index (χ0v) is 10.1. The lowest BCUT2D eigenvalue weighted by Crippen LogP contribution is -2.01. The highest BCUT2D eigenvalue weighted by Gasteiger charge is 2.30. The first-order valence-electron chi connectivity index (χ1n) is 6.00. The fourth-order valence-electron chi connectivity index (χ4n) is 2.07. The summed E-state index contributed by atoms with van der Waals surface area (Å²) >= 11 is 0. The second-order valence-electron chi connectivity index (χ2n) is 4.40. The van der Waals surface area contributed by atoms with E-state index in [1.807, 2.05) is 13.8 Å². The van der Waals surface area contributed by atoms with Gasteiger partial charge in [0.05, 0.1) is 11.8 Å². The molecule has 2 unspecified atom stereocenters. The van der Waals surface area contributed by atoms with E-state index in [0.29, 0.717) is 18.0 Å². The fourth-order valence-corrected chi connectivity index (χ4v) is 2.07. The first-order chi connectivity index (χ1) is 8.11. The van der Waals surface area contributed by atoms with E-state index in [4.69, 9.17) is 14.3 Å². The molecule has 94 valence electrons. The molecule has 1 N–H and O–H groups in total. The van der Waals surface area contributed by atoms with Crippen LogP contribution in [0.15, 0.2) is 4.42 Å². The highest BCUT2D eigenvalue weighted by atomic mass is 16.5.